The van der Waals surface area contributed by atoms with Crippen LogP contribution in [0.25, 0.3) is 0 Å². The molecule has 1 amide bonds. The molecule has 0 aromatic carbocycles. The first kappa shape index (κ1) is 12.0. The van der Waals surface area contributed by atoms with Crippen LogP contribution in [0.3, 0.4) is 0 Å². The zero-order valence-electron chi connectivity index (χ0n) is 10.3. The van der Waals surface area contributed by atoms with Crippen LogP contribution in [0.4, 0.5) is 0 Å². The fourth-order valence-electron chi connectivity index (χ4n) is 1.83. The van der Waals surface area contributed by atoms with Crippen LogP contribution in [-0.4, -0.2) is 28.8 Å². The Balaban J connectivity index is 1.92. The van der Waals surface area contributed by atoms with Crippen LogP contribution in [-0.2, 0) is 16.1 Å². The minimum absolute atomic E-state index is 0.120. The van der Waals surface area contributed by atoms with E-state index in [0.717, 1.165) is 12.8 Å². The Bertz CT molecular complexity index is 414. The molecule has 1 atom stereocenters. The number of nitrogens with zero attached hydrogens (tertiary/aromatic N) is 2. The molecule has 1 aliphatic rings. The number of carbonyl (C=O) groups is 1. The zero-order valence-corrected chi connectivity index (χ0v) is 10.3. The first-order chi connectivity index (χ1) is 8.06. The number of aromatic nitrogens is 2. The molecule has 2 rings (SSSR count). The summed E-state index contributed by atoms with van der Waals surface area (Å²) in [6, 6.07) is 0. The van der Waals surface area contributed by atoms with Gasteiger partial charge < -0.3 is 14.6 Å². The van der Waals surface area contributed by atoms with E-state index in [4.69, 9.17) is 9.26 Å². The van der Waals surface area contributed by atoms with Crippen LogP contribution in [0, 0.1) is 12.8 Å². The predicted molar refractivity (Wildman–Crippen MR) is 59.0 cm³/mol. The van der Waals surface area contributed by atoms with Gasteiger partial charge in [-0.25, -0.2) is 0 Å². The molecular weight excluding hydrogens is 222 g/mol. The summed E-state index contributed by atoms with van der Waals surface area (Å²) in [6.45, 7) is 3.80. The van der Waals surface area contributed by atoms with Crippen molar-refractivity contribution in [2.24, 2.45) is 5.92 Å². The van der Waals surface area contributed by atoms with Gasteiger partial charge >= 0.3 is 0 Å². The second kappa shape index (κ2) is 4.44. The topological polar surface area (TPSA) is 77.2 Å². The third kappa shape index (κ3) is 2.46. The van der Waals surface area contributed by atoms with Gasteiger partial charge in [-0.15, -0.1) is 0 Å². The molecule has 1 saturated carbocycles. The van der Waals surface area contributed by atoms with E-state index in [1.807, 2.05) is 6.92 Å². The summed E-state index contributed by atoms with van der Waals surface area (Å²) in [5.74, 6) is 1.17. The van der Waals surface area contributed by atoms with Gasteiger partial charge in [0.05, 0.1) is 6.54 Å². The third-order valence-electron chi connectivity index (χ3n) is 3.21. The summed E-state index contributed by atoms with van der Waals surface area (Å²) in [5, 5.41) is 6.49. The molecule has 1 N–H and O–H groups in total. The molecule has 0 unspecified atom stereocenters. The van der Waals surface area contributed by atoms with E-state index in [2.05, 4.69) is 15.5 Å². The Labute approximate surface area is 99.7 Å². The Hall–Kier alpha value is -1.43. The molecule has 0 spiro atoms. The van der Waals surface area contributed by atoms with Gasteiger partial charge in [-0.05, 0) is 25.7 Å². The molecule has 0 aliphatic heterocycles. The maximum Gasteiger partial charge on any atom is 0.252 e. The smallest absolute Gasteiger partial charge is 0.252 e. The summed E-state index contributed by atoms with van der Waals surface area (Å²) < 4.78 is 10.2. The highest BCUT2D eigenvalue weighted by molar-refractivity contribution is 5.85. The minimum atomic E-state index is -0.737. The largest absolute Gasteiger partial charge is 0.368 e. The molecular formula is C11H17N3O3. The number of methoxy groups -OCH3 is 1. The number of hydrogen-bond donors (Lipinski definition) is 1. The van der Waals surface area contributed by atoms with Crippen LogP contribution >= 0.6 is 0 Å². The highest BCUT2D eigenvalue weighted by atomic mass is 16.5. The van der Waals surface area contributed by atoms with Crippen molar-refractivity contribution in [1.82, 2.24) is 15.5 Å². The SMILES string of the molecule is CO[C@](C)(C(=O)NCc1noc(C)n1)C1CC1. The average molecular weight is 239 g/mol. The Morgan fingerprint density at radius 3 is 2.82 bits per heavy atom. The molecule has 1 aliphatic carbocycles. The van der Waals surface area contributed by atoms with Gasteiger partial charge in [-0.3, -0.25) is 4.79 Å². The normalized spacial score (nSPS) is 18.8. The third-order valence-corrected chi connectivity index (χ3v) is 3.21. The number of carbonyl (C=O) groups excluding carboxylic acids is 1. The fourth-order valence-corrected chi connectivity index (χ4v) is 1.83. The van der Waals surface area contributed by atoms with Crippen molar-refractivity contribution in [2.75, 3.05) is 7.11 Å². The highest BCUT2D eigenvalue weighted by Gasteiger charge is 2.47. The van der Waals surface area contributed by atoms with Crippen molar-refractivity contribution in [2.45, 2.75) is 38.8 Å². The van der Waals surface area contributed by atoms with Gasteiger partial charge in [0.2, 0.25) is 5.89 Å². The van der Waals surface area contributed by atoms with E-state index in [-0.39, 0.29) is 12.5 Å². The number of amides is 1. The summed E-state index contributed by atoms with van der Waals surface area (Å²) in [7, 11) is 1.57. The number of hydrogen-bond acceptors (Lipinski definition) is 5. The molecule has 1 aromatic rings. The van der Waals surface area contributed by atoms with Crippen molar-refractivity contribution >= 4 is 5.91 Å². The van der Waals surface area contributed by atoms with E-state index in [1.165, 1.54) is 0 Å². The molecule has 6 heteroatoms. The Morgan fingerprint density at radius 2 is 2.35 bits per heavy atom. The van der Waals surface area contributed by atoms with E-state index < -0.39 is 5.60 Å². The second-order valence-corrected chi connectivity index (χ2v) is 4.50. The number of ether oxygens (including phenoxy) is 1. The van der Waals surface area contributed by atoms with Gasteiger partial charge in [0.15, 0.2) is 5.82 Å². The van der Waals surface area contributed by atoms with Crippen molar-refractivity contribution in [3.8, 4) is 0 Å². The van der Waals surface area contributed by atoms with Gasteiger partial charge in [-0.1, -0.05) is 5.16 Å². The predicted octanol–water partition coefficient (Wildman–Crippen LogP) is 0.809. The molecule has 1 fully saturated rings. The van der Waals surface area contributed by atoms with Crippen LogP contribution in [0.5, 0.6) is 0 Å². The van der Waals surface area contributed by atoms with E-state index >= 15 is 0 Å². The van der Waals surface area contributed by atoms with Crippen molar-refractivity contribution in [3.63, 3.8) is 0 Å². The van der Waals surface area contributed by atoms with Crippen molar-refractivity contribution < 1.29 is 14.1 Å². The summed E-state index contributed by atoms with van der Waals surface area (Å²) >= 11 is 0. The van der Waals surface area contributed by atoms with E-state index in [1.54, 1.807) is 14.0 Å². The Kier molecular flexibility index (Phi) is 3.15. The van der Waals surface area contributed by atoms with Gasteiger partial charge in [0.25, 0.3) is 5.91 Å². The maximum absolute atomic E-state index is 12.0. The van der Waals surface area contributed by atoms with Crippen LogP contribution < -0.4 is 5.32 Å². The highest BCUT2D eigenvalue weighted by Crippen LogP contribution is 2.41. The van der Waals surface area contributed by atoms with Crippen molar-refractivity contribution in [1.29, 1.82) is 0 Å². The van der Waals surface area contributed by atoms with Gasteiger partial charge in [0, 0.05) is 14.0 Å². The standard InChI is InChI=1S/C11H17N3O3/c1-7-13-9(14-17-7)6-12-10(15)11(2,16-3)8-4-5-8/h8H,4-6H2,1-3H3,(H,12,15)/t11-/m0/s1. The lowest BCUT2D eigenvalue weighted by atomic mass is 9.99. The van der Waals surface area contributed by atoms with Crippen LogP contribution in [0.2, 0.25) is 0 Å². The lowest BCUT2D eigenvalue weighted by Crippen LogP contribution is -2.47. The van der Waals surface area contributed by atoms with Gasteiger partial charge in [0.1, 0.15) is 5.60 Å². The minimum Gasteiger partial charge on any atom is -0.368 e. The quantitative estimate of drug-likeness (QED) is 0.822. The summed E-state index contributed by atoms with van der Waals surface area (Å²) in [4.78, 5) is 16.1. The Morgan fingerprint density at radius 1 is 1.65 bits per heavy atom. The van der Waals surface area contributed by atoms with E-state index in [9.17, 15) is 4.79 Å². The molecule has 1 aromatic heterocycles. The van der Waals surface area contributed by atoms with Crippen LogP contribution in [0.1, 0.15) is 31.5 Å². The number of aryl methyl sites for hydroxylation is 1. The first-order valence-corrected chi connectivity index (χ1v) is 5.69. The molecule has 0 saturated heterocycles. The van der Waals surface area contributed by atoms with E-state index in [0.29, 0.717) is 17.6 Å². The lowest BCUT2D eigenvalue weighted by molar-refractivity contribution is -0.144. The first-order valence-electron chi connectivity index (χ1n) is 5.69. The zero-order chi connectivity index (χ0) is 12.5. The molecule has 0 radical (unpaired) electrons. The van der Waals surface area contributed by atoms with Crippen molar-refractivity contribution in [3.05, 3.63) is 11.7 Å². The average Bonchev–Trinajstić information content (AvgIpc) is 3.09. The molecule has 94 valence electrons. The lowest BCUT2D eigenvalue weighted by Gasteiger charge is -2.26. The molecule has 1 heterocycles. The second-order valence-electron chi connectivity index (χ2n) is 4.50. The fraction of sp³-hybridized carbons (Fsp3) is 0.727. The number of rotatable bonds is 5. The molecule has 17 heavy (non-hydrogen) atoms. The summed E-state index contributed by atoms with van der Waals surface area (Å²) in [5.41, 5.74) is -0.737. The van der Waals surface area contributed by atoms with Crippen LogP contribution in [0.15, 0.2) is 4.52 Å². The maximum atomic E-state index is 12.0. The molecule has 6 nitrogen and oxygen atoms in total. The number of nitrogens with one attached hydrogen (secondary N) is 1. The monoisotopic (exact) mass is 239 g/mol. The van der Waals surface area contributed by atoms with Gasteiger partial charge in [-0.2, -0.15) is 4.98 Å². The molecule has 0 bridgehead atoms. The summed E-state index contributed by atoms with van der Waals surface area (Å²) in [6.07, 6.45) is 2.08.